The zero-order valence-electron chi connectivity index (χ0n) is 25.1. The number of rotatable bonds is 9. The van der Waals surface area contributed by atoms with Gasteiger partial charge in [-0.3, -0.25) is 9.69 Å². The third-order valence-electron chi connectivity index (χ3n) is 9.38. The first-order chi connectivity index (χ1) is 20.5. The molecule has 0 aliphatic carbocycles. The highest BCUT2D eigenvalue weighted by Gasteiger charge is 2.26. The van der Waals surface area contributed by atoms with Crippen molar-refractivity contribution in [2.75, 3.05) is 50.7 Å². The van der Waals surface area contributed by atoms with Crippen molar-refractivity contribution in [3.8, 4) is 0 Å². The van der Waals surface area contributed by atoms with Crippen molar-refractivity contribution < 1.29 is 4.79 Å². The first-order valence-electron chi connectivity index (χ1n) is 15.6. The molecule has 0 saturated carbocycles. The number of hydrogen-bond acceptors (Lipinski definition) is 3. The van der Waals surface area contributed by atoms with E-state index >= 15 is 0 Å². The Morgan fingerprint density at radius 1 is 0.690 bits per heavy atom. The first-order valence-corrected chi connectivity index (χ1v) is 15.6. The van der Waals surface area contributed by atoms with Crippen LogP contribution in [0.3, 0.4) is 0 Å². The van der Waals surface area contributed by atoms with E-state index in [2.05, 4.69) is 126 Å². The highest BCUT2D eigenvalue weighted by atomic mass is 16.2. The van der Waals surface area contributed by atoms with Gasteiger partial charge in [-0.15, -0.1) is 0 Å². The number of piperazine rings is 1. The summed E-state index contributed by atoms with van der Waals surface area (Å²) < 4.78 is 0. The molecule has 2 heterocycles. The standard InChI is InChI=1S/C38H43N3O/c1-29-13-14-31(27-30(29)2)17-21-41-22-18-34-15-16-35(28-37(34)38(41)42)40-25-23-39(24-26-40)20-19-36(32-9-5-3-6-10-32)33-11-7-4-8-12-33/h3-16,27-28,36H,17-26H2,1-2H3. The summed E-state index contributed by atoms with van der Waals surface area (Å²) in [6, 6.07) is 35.1. The summed E-state index contributed by atoms with van der Waals surface area (Å²) in [5.41, 5.74) is 10.0. The van der Waals surface area contributed by atoms with Crippen LogP contribution < -0.4 is 4.90 Å². The predicted molar refractivity (Wildman–Crippen MR) is 174 cm³/mol. The van der Waals surface area contributed by atoms with E-state index in [1.54, 1.807) is 0 Å². The van der Waals surface area contributed by atoms with Gasteiger partial charge in [-0.05, 0) is 85.2 Å². The van der Waals surface area contributed by atoms with E-state index in [1.165, 1.54) is 39.1 Å². The Bertz CT molecular complexity index is 1450. The maximum absolute atomic E-state index is 13.5. The number of amides is 1. The van der Waals surface area contributed by atoms with Crippen LogP contribution in [0, 0.1) is 13.8 Å². The fourth-order valence-corrected chi connectivity index (χ4v) is 6.58. The molecule has 0 bridgehead atoms. The number of aryl methyl sites for hydroxylation is 2. The van der Waals surface area contributed by atoms with Crippen LogP contribution in [0.4, 0.5) is 5.69 Å². The van der Waals surface area contributed by atoms with E-state index < -0.39 is 0 Å². The van der Waals surface area contributed by atoms with Gasteiger partial charge in [0.25, 0.3) is 5.91 Å². The van der Waals surface area contributed by atoms with E-state index in [0.717, 1.165) is 70.6 Å². The van der Waals surface area contributed by atoms with Crippen LogP contribution >= 0.6 is 0 Å². The number of benzene rings is 4. The Morgan fingerprint density at radius 3 is 2.05 bits per heavy atom. The molecule has 2 aliphatic heterocycles. The minimum absolute atomic E-state index is 0.188. The minimum Gasteiger partial charge on any atom is -0.369 e. The Balaban J connectivity index is 1.05. The highest BCUT2D eigenvalue weighted by molar-refractivity contribution is 5.97. The largest absolute Gasteiger partial charge is 0.369 e. The lowest BCUT2D eigenvalue weighted by Gasteiger charge is -2.37. The van der Waals surface area contributed by atoms with Gasteiger partial charge < -0.3 is 9.80 Å². The van der Waals surface area contributed by atoms with Crippen molar-refractivity contribution in [1.82, 2.24) is 9.80 Å². The van der Waals surface area contributed by atoms with E-state index in [0.29, 0.717) is 5.92 Å². The minimum atomic E-state index is 0.188. The smallest absolute Gasteiger partial charge is 0.254 e. The van der Waals surface area contributed by atoms with Gasteiger partial charge in [-0.2, -0.15) is 0 Å². The molecule has 2 aliphatic rings. The second kappa shape index (κ2) is 13.0. The molecule has 0 N–H and O–H groups in total. The van der Waals surface area contributed by atoms with Crippen molar-refractivity contribution in [1.29, 1.82) is 0 Å². The third kappa shape index (κ3) is 6.44. The fraction of sp³-hybridized carbons (Fsp3) is 0.342. The van der Waals surface area contributed by atoms with Crippen LogP contribution in [0.1, 0.15) is 56.1 Å². The Morgan fingerprint density at radius 2 is 1.38 bits per heavy atom. The molecule has 4 aromatic carbocycles. The fourth-order valence-electron chi connectivity index (χ4n) is 6.58. The Kier molecular flexibility index (Phi) is 8.71. The van der Waals surface area contributed by atoms with E-state index in [9.17, 15) is 4.79 Å². The molecule has 0 aromatic heterocycles. The van der Waals surface area contributed by atoms with Crippen molar-refractivity contribution in [3.63, 3.8) is 0 Å². The number of fused-ring (bicyclic) bond motifs is 1. The van der Waals surface area contributed by atoms with Crippen molar-refractivity contribution in [2.24, 2.45) is 0 Å². The topological polar surface area (TPSA) is 26.8 Å². The van der Waals surface area contributed by atoms with Gasteiger partial charge in [-0.1, -0.05) is 84.9 Å². The van der Waals surface area contributed by atoms with Crippen molar-refractivity contribution in [2.45, 2.75) is 39.0 Å². The molecule has 4 nitrogen and oxygen atoms in total. The number of carbonyl (C=O) groups is 1. The average Bonchev–Trinajstić information content (AvgIpc) is 3.04. The molecule has 0 unspecified atom stereocenters. The summed E-state index contributed by atoms with van der Waals surface area (Å²) >= 11 is 0. The molecule has 6 rings (SSSR count). The Labute approximate surface area is 251 Å². The van der Waals surface area contributed by atoms with Crippen LogP contribution in [-0.2, 0) is 12.8 Å². The molecule has 42 heavy (non-hydrogen) atoms. The van der Waals surface area contributed by atoms with Crippen LogP contribution in [0.15, 0.2) is 97.1 Å². The molecule has 4 heteroatoms. The van der Waals surface area contributed by atoms with Gasteiger partial charge in [0.05, 0.1) is 0 Å². The van der Waals surface area contributed by atoms with Gasteiger partial charge in [0.15, 0.2) is 0 Å². The van der Waals surface area contributed by atoms with Gasteiger partial charge >= 0.3 is 0 Å². The number of hydrogen-bond donors (Lipinski definition) is 0. The zero-order chi connectivity index (χ0) is 28.9. The van der Waals surface area contributed by atoms with Crippen molar-refractivity contribution in [3.05, 3.63) is 136 Å². The monoisotopic (exact) mass is 557 g/mol. The molecule has 1 amide bonds. The normalized spacial score (nSPS) is 15.7. The van der Waals surface area contributed by atoms with Crippen LogP contribution in [-0.4, -0.2) is 61.5 Å². The molecular formula is C38H43N3O. The SMILES string of the molecule is Cc1ccc(CCN2CCc3ccc(N4CCN(CCC(c5ccccc5)c5ccccc5)CC4)cc3C2=O)cc1C. The third-order valence-corrected chi connectivity index (χ3v) is 9.38. The summed E-state index contributed by atoms with van der Waals surface area (Å²) in [5, 5.41) is 0. The highest BCUT2D eigenvalue weighted by Crippen LogP contribution is 2.29. The quantitative estimate of drug-likeness (QED) is 0.224. The molecule has 216 valence electrons. The van der Waals surface area contributed by atoms with E-state index in [1.807, 2.05) is 0 Å². The maximum Gasteiger partial charge on any atom is 0.254 e. The van der Waals surface area contributed by atoms with Crippen LogP contribution in [0.2, 0.25) is 0 Å². The summed E-state index contributed by atoms with van der Waals surface area (Å²) in [6.45, 7) is 11.0. The number of anilines is 1. The van der Waals surface area contributed by atoms with Gasteiger partial charge in [0, 0.05) is 56.4 Å². The molecule has 0 spiro atoms. The summed E-state index contributed by atoms with van der Waals surface area (Å²) in [4.78, 5) is 20.6. The van der Waals surface area contributed by atoms with Gasteiger partial charge in [-0.25, -0.2) is 0 Å². The van der Waals surface area contributed by atoms with Gasteiger partial charge in [0.2, 0.25) is 0 Å². The maximum atomic E-state index is 13.5. The summed E-state index contributed by atoms with van der Waals surface area (Å²) in [5.74, 6) is 0.600. The van der Waals surface area contributed by atoms with E-state index in [4.69, 9.17) is 0 Å². The van der Waals surface area contributed by atoms with Crippen molar-refractivity contribution >= 4 is 11.6 Å². The van der Waals surface area contributed by atoms with Crippen LogP contribution in [0.5, 0.6) is 0 Å². The lowest BCUT2D eigenvalue weighted by atomic mass is 9.88. The average molecular weight is 558 g/mol. The van der Waals surface area contributed by atoms with Crippen LogP contribution in [0.25, 0.3) is 0 Å². The lowest BCUT2D eigenvalue weighted by molar-refractivity contribution is 0.0742. The zero-order valence-corrected chi connectivity index (χ0v) is 25.1. The predicted octanol–water partition coefficient (Wildman–Crippen LogP) is 6.89. The molecule has 4 aromatic rings. The summed E-state index contributed by atoms with van der Waals surface area (Å²) in [6.07, 6.45) is 2.95. The lowest BCUT2D eigenvalue weighted by Crippen LogP contribution is -2.47. The summed E-state index contributed by atoms with van der Waals surface area (Å²) in [7, 11) is 0. The molecule has 0 atom stereocenters. The molecule has 0 radical (unpaired) electrons. The second-order valence-electron chi connectivity index (χ2n) is 12.0. The number of nitrogens with zero attached hydrogens (tertiary/aromatic N) is 3. The van der Waals surface area contributed by atoms with Gasteiger partial charge in [0.1, 0.15) is 0 Å². The van der Waals surface area contributed by atoms with E-state index in [-0.39, 0.29) is 5.91 Å². The number of carbonyl (C=O) groups excluding carboxylic acids is 1. The Hall–Kier alpha value is -3.89. The molecule has 1 saturated heterocycles. The first kappa shape index (κ1) is 28.2. The molecule has 1 fully saturated rings. The second-order valence-corrected chi connectivity index (χ2v) is 12.0. The molecular weight excluding hydrogens is 514 g/mol.